The summed E-state index contributed by atoms with van der Waals surface area (Å²) in [6.07, 6.45) is 0. The Balaban J connectivity index is 2.90. The van der Waals surface area contributed by atoms with Crippen molar-refractivity contribution in [2.45, 2.75) is 26.8 Å². The quantitative estimate of drug-likeness (QED) is 0.881. The number of amides is 1. The maximum Gasteiger partial charge on any atom is 0.308 e. The van der Waals surface area contributed by atoms with Crippen molar-refractivity contribution < 1.29 is 23.5 Å². The van der Waals surface area contributed by atoms with Crippen molar-refractivity contribution in [2.24, 2.45) is 5.92 Å². The second kappa shape index (κ2) is 5.77. The smallest absolute Gasteiger partial charge is 0.308 e. The second-order valence-electron chi connectivity index (χ2n) is 4.47. The number of carboxylic acids is 1. The number of benzene rings is 1. The van der Waals surface area contributed by atoms with E-state index in [0.717, 1.165) is 6.07 Å². The molecule has 0 aliphatic rings. The largest absolute Gasteiger partial charge is 0.481 e. The molecule has 0 aromatic heterocycles. The Morgan fingerprint density at radius 1 is 1.21 bits per heavy atom. The van der Waals surface area contributed by atoms with Crippen molar-refractivity contribution in [3.05, 3.63) is 34.9 Å². The number of aliphatic carboxylic acids is 1. The molecule has 2 atom stereocenters. The van der Waals surface area contributed by atoms with Crippen LogP contribution in [-0.2, 0) is 4.79 Å². The normalized spacial score (nSPS) is 13.7. The van der Waals surface area contributed by atoms with E-state index in [1.165, 1.54) is 20.8 Å². The van der Waals surface area contributed by atoms with Crippen molar-refractivity contribution in [1.29, 1.82) is 0 Å². The van der Waals surface area contributed by atoms with Gasteiger partial charge in [0.25, 0.3) is 5.91 Å². The molecule has 1 aromatic rings. The minimum atomic E-state index is -1.07. The fourth-order valence-corrected chi connectivity index (χ4v) is 1.45. The summed E-state index contributed by atoms with van der Waals surface area (Å²) in [5.41, 5.74) is -0.158. The first-order valence-corrected chi connectivity index (χ1v) is 5.73. The summed E-state index contributed by atoms with van der Waals surface area (Å²) in [6, 6.07) is 1.06. The van der Waals surface area contributed by atoms with Crippen LogP contribution < -0.4 is 5.32 Å². The highest BCUT2D eigenvalue weighted by molar-refractivity contribution is 5.95. The van der Waals surface area contributed by atoms with Gasteiger partial charge in [0, 0.05) is 12.1 Å². The van der Waals surface area contributed by atoms with E-state index in [0.29, 0.717) is 6.07 Å². The van der Waals surface area contributed by atoms with Gasteiger partial charge in [0.1, 0.15) is 11.6 Å². The monoisotopic (exact) mass is 271 g/mol. The van der Waals surface area contributed by atoms with E-state index in [1.807, 2.05) is 0 Å². The lowest BCUT2D eigenvalue weighted by Crippen LogP contribution is -2.40. The van der Waals surface area contributed by atoms with Crippen LogP contribution in [0.5, 0.6) is 0 Å². The van der Waals surface area contributed by atoms with Gasteiger partial charge in [-0.2, -0.15) is 0 Å². The van der Waals surface area contributed by atoms with Crippen molar-refractivity contribution in [3.63, 3.8) is 0 Å². The summed E-state index contributed by atoms with van der Waals surface area (Å²) in [7, 11) is 0. The highest BCUT2D eigenvalue weighted by atomic mass is 19.1. The summed E-state index contributed by atoms with van der Waals surface area (Å²) < 4.78 is 26.5. The van der Waals surface area contributed by atoms with Crippen LogP contribution in [0, 0.1) is 24.5 Å². The van der Waals surface area contributed by atoms with Crippen molar-refractivity contribution in [1.82, 2.24) is 5.32 Å². The molecule has 19 heavy (non-hydrogen) atoms. The van der Waals surface area contributed by atoms with Gasteiger partial charge >= 0.3 is 5.97 Å². The molecular formula is C13H15F2NO3. The fraction of sp³-hybridized carbons (Fsp3) is 0.385. The van der Waals surface area contributed by atoms with Crippen LogP contribution in [-0.4, -0.2) is 23.0 Å². The number of hydrogen-bond donors (Lipinski definition) is 2. The van der Waals surface area contributed by atoms with Crippen molar-refractivity contribution in [2.75, 3.05) is 0 Å². The Hall–Kier alpha value is -1.98. The number of halogens is 2. The highest BCUT2D eigenvalue weighted by Gasteiger charge is 2.23. The molecule has 0 saturated carbocycles. The average molecular weight is 271 g/mol. The molecule has 2 unspecified atom stereocenters. The molecule has 104 valence electrons. The van der Waals surface area contributed by atoms with Gasteiger partial charge in [-0.1, -0.05) is 0 Å². The maximum absolute atomic E-state index is 13.5. The molecule has 1 aromatic carbocycles. The molecule has 0 saturated heterocycles. The first kappa shape index (κ1) is 15.1. The molecule has 0 radical (unpaired) electrons. The third-order valence-electron chi connectivity index (χ3n) is 2.99. The van der Waals surface area contributed by atoms with Crippen LogP contribution in [0.4, 0.5) is 8.78 Å². The van der Waals surface area contributed by atoms with Gasteiger partial charge in [0.2, 0.25) is 0 Å². The zero-order chi connectivity index (χ0) is 14.7. The number of carbonyl (C=O) groups is 2. The Bertz CT molecular complexity index is 517. The van der Waals surface area contributed by atoms with Gasteiger partial charge in [-0.15, -0.1) is 0 Å². The van der Waals surface area contributed by atoms with Gasteiger partial charge in [-0.25, -0.2) is 8.78 Å². The number of nitrogens with one attached hydrogen (secondary N) is 1. The standard InChI is InChI=1S/C13H15F2NO3/c1-6-4-9(11(15)5-10(6)14)12(17)16-8(3)7(2)13(18)19/h4-5,7-8H,1-3H3,(H,16,17)(H,18,19). The Morgan fingerprint density at radius 2 is 1.79 bits per heavy atom. The molecule has 1 rings (SSSR count). The number of hydrogen-bond acceptors (Lipinski definition) is 2. The molecule has 0 bridgehead atoms. The third kappa shape index (κ3) is 3.49. The van der Waals surface area contributed by atoms with Crippen LogP contribution in [0.25, 0.3) is 0 Å². The summed E-state index contributed by atoms with van der Waals surface area (Å²) in [6.45, 7) is 4.35. The van der Waals surface area contributed by atoms with E-state index in [1.54, 1.807) is 0 Å². The first-order chi connectivity index (χ1) is 8.73. The molecule has 0 aliphatic carbocycles. The summed E-state index contributed by atoms with van der Waals surface area (Å²) in [5.74, 6) is -4.35. The lowest BCUT2D eigenvalue weighted by atomic mass is 10.0. The molecule has 4 nitrogen and oxygen atoms in total. The molecule has 0 heterocycles. The van der Waals surface area contributed by atoms with E-state index >= 15 is 0 Å². The Morgan fingerprint density at radius 3 is 2.32 bits per heavy atom. The Labute approximate surface area is 109 Å². The van der Waals surface area contributed by atoms with Crippen molar-refractivity contribution in [3.8, 4) is 0 Å². The number of aryl methyl sites for hydroxylation is 1. The second-order valence-corrected chi connectivity index (χ2v) is 4.47. The predicted molar refractivity (Wildman–Crippen MR) is 64.8 cm³/mol. The molecule has 2 N–H and O–H groups in total. The number of carboxylic acid groups (broad SMARTS) is 1. The molecule has 1 amide bonds. The highest BCUT2D eigenvalue weighted by Crippen LogP contribution is 2.15. The van der Waals surface area contributed by atoms with Gasteiger partial charge in [0.05, 0.1) is 11.5 Å². The minimum absolute atomic E-state index is 0.144. The van der Waals surface area contributed by atoms with Gasteiger partial charge in [0.15, 0.2) is 0 Å². The lowest BCUT2D eigenvalue weighted by molar-refractivity contribution is -0.141. The minimum Gasteiger partial charge on any atom is -0.481 e. The molecule has 0 fully saturated rings. The van der Waals surface area contributed by atoms with Crippen LogP contribution >= 0.6 is 0 Å². The van der Waals surface area contributed by atoms with Crippen molar-refractivity contribution >= 4 is 11.9 Å². The van der Waals surface area contributed by atoms with E-state index in [9.17, 15) is 18.4 Å². The number of carbonyl (C=O) groups excluding carboxylic acids is 1. The molecule has 0 aliphatic heterocycles. The van der Waals surface area contributed by atoms with Crippen LogP contribution in [0.1, 0.15) is 29.8 Å². The fourth-order valence-electron chi connectivity index (χ4n) is 1.45. The van der Waals surface area contributed by atoms with E-state index in [-0.39, 0.29) is 11.1 Å². The molecule has 0 spiro atoms. The predicted octanol–water partition coefficient (Wildman–Crippen LogP) is 2.11. The molecular weight excluding hydrogens is 256 g/mol. The van der Waals surface area contributed by atoms with Crippen LogP contribution in [0.15, 0.2) is 12.1 Å². The van der Waals surface area contributed by atoms with Gasteiger partial charge in [-0.3, -0.25) is 9.59 Å². The van der Waals surface area contributed by atoms with E-state index in [2.05, 4.69) is 5.32 Å². The zero-order valence-corrected chi connectivity index (χ0v) is 10.8. The van der Waals surface area contributed by atoms with Crippen LogP contribution in [0.2, 0.25) is 0 Å². The maximum atomic E-state index is 13.5. The average Bonchev–Trinajstić information content (AvgIpc) is 2.32. The summed E-state index contributed by atoms with van der Waals surface area (Å²) >= 11 is 0. The lowest BCUT2D eigenvalue weighted by Gasteiger charge is -2.18. The first-order valence-electron chi connectivity index (χ1n) is 5.73. The zero-order valence-electron chi connectivity index (χ0n) is 10.8. The van der Waals surface area contributed by atoms with E-state index in [4.69, 9.17) is 5.11 Å². The summed E-state index contributed by atoms with van der Waals surface area (Å²) in [5, 5.41) is 11.2. The summed E-state index contributed by atoms with van der Waals surface area (Å²) in [4.78, 5) is 22.5. The topological polar surface area (TPSA) is 66.4 Å². The molecule has 6 heteroatoms. The Kier molecular flexibility index (Phi) is 4.58. The van der Waals surface area contributed by atoms with Gasteiger partial charge in [-0.05, 0) is 32.4 Å². The van der Waals surface area contributed by atoms with E-state index < -0.39 is 35.5 Å². The third-order valence-corrected chi connectivity index (χ3v) is 2.99. The SMILES string of the molecule is Cc1cc(C(=O)NC(C)C(C)C(=O)O)c(F)cc1F. The number of rotatable bonds is 4. The van der Waals surface area contributed by atoms with Crippen LogP contribution in [0.3, 0.4) is 0 Å². The van der Waals surface area contributed by atoms with Gasteiger partial charge < -0.3 is 10.4 Å².